The lowest BCUT2D eigenvalue weighted by atomic mass is 9.96. The molecule has 1 atom stereocenters. The van der Waals surface area contributed by atoms with Crippen LogP contribution in [-0.2, 0) is 0 Å². The Labute approximate surface area is 59.0 Å². The summed E-state index contributed by atoms with van der Waals surface area (Å²) in [7, 11) is 0. The Kier molecular flexibility index (Phi) is 4.29. The average molecular weight is 125 g/mol. The van der Waals surface area contributed by atoms with Crippen molar-refractivity contribution >= 4 is 0 Å². The van der Waals surface area contributed by atoms with Crippen molar-refractivity contribution in [3.05, 3.63) is 18.6 Å². The van der Waals surface area contributed by atoms with Gasteiger partial charge >= 0.3 is 0 Å². The van der Waals surface area contributed by atoms with E-state index in [1.165, 1.54) is 5.57 Å². The molecule has 0 fully saturated rings. The van der Waals surface area contributed by atoms with Gasteiger partial charge < -0.3 is 0 Å². The van der Waals surface area contributed by atoms with Crippen LogP contribution >= 0.6 is 0 Å². The molecule has 0 aliphatic heterocycles. The number of hydrogen-bond acceptors (Lipinski definition) is 0. The quantitative estimate of drug-likeness (QED) is 0.400. The van der Waals surface area contributed by atoms with Gasteiger partial charge in [0.25, 0.3) is 0 Å². The van der Waals surface area contributed by atoms with Gasteiger partial charge in [0.15, 0.2) is 0 Å². The molecule has 0 spiro atoms. The van der Waals surface area contributed by atoms with Gasteiger partial charge in [-0.1, -0.05) is 13.5 Å². The second-order valence-electron chi connectivity index (χ2n) is 2.44. The molecule has 0 aliphatic rings. The first-order chi connectivity index (χ1) is 4.22. The van der Waals surface area contributed by atoms with Gasteiger partial charge in [0.2, 0.25) is 0 Å². The molecule has 0 aliphatic carbocycles. The molecule has 0 radical (unpaired) electrons. The smallest absolute Gasteiger partial charge is 0.0954 e. The normalized spacial score (nSPS) is 12.8. The van der Waals surface area contributed by atoms with Crippen molar-refractivity contribution in [3.63, 3.8) is 0 Å². The lowest BCUT2D eigenvalue weighted by Gasteiger charge is -2.02. The van der Waals surface area contributed by atoms with Gasteiger partial charge in [-0.3, -0.25) is 0 Å². The Balaban J connectivity index is 3.45. The summed E-state index contributed by atoms with van der Waals surface area (Å²) in [4.78, 5) is 0. The summed E-state index contributed by atoms with van der Waals surface area (Å²) in [6, 6.07) is 0. The molecule has 1 unspecified atom stereocenters. The van der Waals surface area contributed by atoms with E-state index in [9.17, 15) is 0 Å². The molecule has 0 nitrogen and oxygen atoms in total. The van der Waals surface area contributed by atoms with Crippen LogP contribution in [-0.4, -0.2) is 0 Å². The highest BCUT2D eigenvalue weighted by atomic mass is 14.1. The molecule has 0 heterocycles. The highest BCUT2D eigenvalue weighted by Gasteiger charge is 2.10. The predicted molar refractivity (Wildman–Crippen MR) is 43.2 cm³/mol. The SMILES string of the molecule is C=C(CC)C(C)[CH+]CC. The Morgan fingerprint density at radius 1 is 1.56 bits per heavy atom. The molecule has 0 N–H and O–H groups in total. The van der Waals surface area contributed by atoms with Crippen molar-refractivity contribution in [2.24, 2.45) is 5.92 Å². The minimum absolute atomic E-state index is 0.611. The van der Waals surface area contributed by atoms with Crippen molar-refractivity contribution < 1.29 is 0 Å². The fraction of sp³-hybridized carbons (Fsp3) is 0.667. The van der Waals surface area contributed by atoms with E-state index in [2.05, 4.69) is 33.8 Å². The van der Waals surface area contributed by atoms with Crippen LogP contribution in [0, 0.1) is 12.3 Å². The Morgan fingerprint density at radius 2 is 2.11 bits per heavy atom. The molecule has 9 heavy (non-hydrogen) atoms. The molecule has 0 amide bonds. The molecule has 0 rings (SSSR count). The van der Waals surface area contributed by atoms with Crippen LogP contribution in [0.1, 0.15) is 33.6 Å². The standard InChI is InChI=1S/C9H17/c1-5-7-9(4)8(3)6-2/h7,9H,3,5-6H2,1-2,4H3/q+1. The maximum absolute atomic E-state index is 3.96. The Morgan fingerprint density at radius 3 is 2.44 bits per heavy atom. The summed E-state index contributed by atoms with van der Waals surface area (Å²) in [6.45, 7) is 10.5. The molecule has 52 valence electrons. The van der Waals surface area contributed by atoms with E-state index < -0.39 is 0 Å². The van der Waals surface area contributed by atoms with E-state index in [-0.39, 0.29) is 0 Å². The van der Waals surface area contributed by atoms with Crippen molar-refractivity contribution in [2.75, 3.05) is 0 Å². The summed E-state index contributed by atoms with van der Waals surface area (Å²) < 4.78 is 0. The second kappa shape index (κ2) is 4.49. The third kappa shape index (κ3) is 3.23. The number of hydrogen-bond donors (Lipinski definition) is 0. The van der Waals surface area contributed by atoms with Crippen LogP contribution < -0.4 is 0 Å². The third-order valence-electron chi connectivity index (χ3n) is 1.69. The van der Waals surface area contributed by atoms with Gasteiger partial charge in [-0.2, -0.15) is 0 Å². The van der Waals surface area contributed by atoms with E-state index >= 15 is 0 Å². The lowest BCUT2D eigenvalue weighted by Crippen LogP contribution is -1.96. The zero-order valence-corrected chi connectivity index (χ0v) is 6.78. The van der Waals surface area contributed by atoms with Gasteiger partial charge in [-0.15, -0.1) is 0 Å². The third-order valence-corrected chi connectivity index (χ3v) is 1.69. The molecule has 0 saturated heterocycles. The van der Waals surface area contributed by atoms with Crippen LogP contribution in [0.25, 0.3) is 0 Å². The van der Waals surface area contributed by atoms with E-state index in [1.54, 1.807) is 0 Å². The summed E-state index contributed by atoms with van der Waals surface area (Å²) in [5, 5.41) is 0. The first-order valence-corrected chi connectivity index (χ1v) is 3.73. The maximum atomic E-state index is 3.96. The first kappa shape index (κ1) is 8.61. The van der Waals surface area contributed by atoms with E-state index in [1.807, 2.05) is 0 Å². The predicted octanol–water partition coefficient (Wildman–Crippen LogP) is 3.20. The molecule has 0 bridgehead atoms. The van der Waals surface area contributed by atoms with Crippen molar-refractivity contribution in [1.29, 1.82) is 0 Å². The number of allylic oxidation sites excluding steroid dienone is 1. The molecule has 0 heteroatoms. The van der Waals surface area contributed by atoms with Gasteiger partial charge in [0, 0.05) is 0 Å². The summed E-state index contributed by atoms with van der Waals surface area (Å²) in [6.07, 6.45) is 4.56. The minimum Gasteiger partial charge on any atom is -0.0954 e. The molecule has 0 aromatic rings. The topological polar surface area (TPSA) is 0 Å². The van der Waals surface area contributed by atoms with Gasteiger partial charge in [-0.25, -0.2) is 0 Å². The molecule has 0 aromatic carbocycles. The van der Waals surface area contributed by atoms with Crippen LogP contribution in [0.4, 0.5) is 0 Å². The fourth-order valence-electron chi connectivity index (χ4n) is 0.842. The Hall–Kier alpha value is -0.390. The average Bonchev–Trinajstić information content (AvgIpc) is 1.87. The zero-order valence-electron chi connectivity index (χ0n) is 6.78. The van der Waals surface area contributed by atoms with Crippen LogP contribution in [0.5, 0.6) is 0 Å². The van der Waals surface area contributed by atoms with Crippen LogP contribution in [0.2, 0.25) is 0 Å². The highest BCUT2D eigenvalue weighted by Crippen LogP contribution is 2.15. The summed E-state index contributed by atoms with van der Waals surface area (Å²) >= 11 is 0. The van der Waals surface area contributed by atoms with Crippen LogP contribution in [0.3, 0.4) is 0 Å². The highest BCUT2D eigenvalue weighted by molar-refractivity contribution is 5.02. The lowest BCUT2D eigenvalue weighted by molar-refractivity contribution is 0.724. The monoisotopic (exact) mass is 125 g/mol. The minimum atomic E-state index is 0.611. The molecular formula is C9H17+. The van der Waals surface area contributed by atoms with Crippen LogP contribution in [0.15, 0.2) is 12.2 Å². The van der Waals surface area contributed by atoms with E-state index in [0.717, 1.165) is 12.8 Å². The molecule has 0 aromatic heterocycles. The first-order valence-electron chi connectivity index (χ1n) is 3.73. The van der Waals surface area contributed by atoms with E-state index in [0.29, 0.717) is 5.92 Å². The molecule has 0 saturated carbocycles. The maximum Gasteiger partial charge on any atom is 0.116 e. The van der Waals surface area contributed by atoms with Crippen molar-refractivity contribution in [3.8, 4) is 0 Å². The fourth-order valence-corrected chi connectivity index (χ4v) is 0.842. The molecular weight excluding hydrogens is 108 g/mol. The number of rotatable bonds is 4. The van der Waals surface area contributed by atoms with Gasteiger partial charge in [0.1, 0.15) is 5.92 Å². The van der Waals surface area contributed by atoms with Gasteiger partial charge in [-0.05, 0) is 25.8 Å². The second-order valence-corrected chi connectivity index (χ2v) is 2.44. The summed E-state index contributed by atoms with van der Waals surface area (Å²) in [5.41, 5.74) is 1.34. The van der Waals surface area contributed by atoms with E-state index in [4.69, 9.17) is 0 Å². The zero-order chi connectivity index (χ0) is 7.28. The Bertz CT molecular complexity index is 82.0. The van der Waals surface area contributed by atoms with Gasteiger partial charge in [0.05, 0.1) is 12.8 Å². The van der Waals surface area contributed by atoms with Crippen molar-refractivity contribution in [2.45, 2.75) is 33.6 Å². The largest absolute Gasteiger partial charge is 0.116 e. The summed E-state index contributed by atoms with van der Waals surface area (Å²) in [5.74, 6) is 0.611. The van der Waals surface area contributed by atoms with Crippen molar-refractivity contribution in [1.82, 2.24) is 0 Å².